The zero-order valence-corrected chi connectivity index (χ0v) is 9.34. The third kappa shape index (κ3) is 2.57. The van der Waals surface area contributed by atoms with E-state index in [1.165, 1.54) is 12.4 Å². The van der Waals surface area contributed by atoms with Gasteiger partial charge in [0.05, 0.1) is 17.4 Å². The van der Waals surface area contributed by atoms with Crippen LogP contribution in [0.15, 0.2) is 36.7 Å². The van der Waals surface area contributed by atoms with Crippen molar-refractivity contribution in [2.45, 2.75) is 6.92 Å². The van der Waals surface area contributed by atoms with Gasteiger partial charge in [0.1, 0.15) is 5.82 Å². The summed E-state index contributed by atoms with van der Waals surface area (Å²) in [5.41, 5.74) is 7.24. The molecule has 1 amide bonds. The number of pyridine rings is 2. The quantitative estimate of drug-likeness (QED) is 0.818. The predicted octanol–water partition coefficient (Wildman–Crippen LogP) is 1.62. The second-order valence-electron chi connectivity index (χ2n) is 3.58. The topological polar surface area (TPSA) is 80.9 Å². The molecule has 0 aromatic carbocycles. The summed E-state index contributed by atoms with van der Waals surface area (Å²) < 4.78 is 0. The number of amides is 1. The molecule has 2 aromatic rings. The maximum absolute atomic E-state index is 11.9. The number of hydrogen-bond donors (Lipinski definition) is 2. The summed E-state index contributed by atoms with van der Waals surface area (Å²) in [5.74, 6) is 0.217. The van der Waals surface area contributed by atoms with Gasteiger partial charge in [-0.25, -0.2) is 4.98 Å². The number of aromatic nitrogens is 2. The van der Waals surface area contributed by atoms with Crippen LogP contribution in [0.4, 0.5) is 11.5 Å². The second-order valence-corrected chi connectivity index (χ2v) is 3.58. The van der Waals surface area contributed by atoms with Crippen LogP contribution in [0.25, 0.3) is 0 Å². The maximum Gasteiger partial charge on any atom is 0.259 e. The van der Waals surface area contributed by atoms with E-state index in [9.17, 15) is 4.79 Å². The molecule has 3 N–H and O–H groups in total. The van der Waals surface area contributed by atoms with Crippen LogP contribution in [-0.2, 0) is 0 Å². The number of hydrogen-bond acceptors (Lipinski definition) is 4. The van der Waals surface area contributed by atoms with Crippen molar-refractivity contribution in [2.75, 3.05) is 11.1 Å². The Bertz CT molecular complexity index is 554. The van der Waals surface area contributed by atoms with E-state index in [1.54, 1.807) is 12.1 Å². The van der Waals surface area contributed by atoms with Crippen molar-refractivity contribution in [2.24, 2.45) is 0 Å². The van der Waals surface area contributed by atoms with E-state index in [0.717, 1.165) is 5.69 Å². The zero-order valence-electron chi connectivity index (χ0n) is 9.34. The van der Waals surface area contributed by atoms with Gasteiger partial charge in [0, 0.05) is 11.9 Å². The van der Waals surface area contributed by atoms with Crippen LogP contribution in [0.3, 0.4) is 0 Å². The Morgan fingerprint density at radius 1 is 1.35 bits per heavy atom. The highest BCUT2D eigenvalue weighted by atomic mass is 16.1. The Morgan fingerprint density at radius 3 is 2.88 bits per heavy atom. The average Bonchev–Trinajstić information content (AvgIpc) is 2.29. The molecule has 2 heterocycles. The fourth-order valence-corrected chi connectivity index (χ4v) is 1.41. The third-order valence-corrected chi connectivity index (χ3v) is 2.23. The van der Waals surface area contributed by atoms with Crippen molar-refractivity contribution in [3.63, 3.8) is 0 Å². The summed E-state index contributed by atoms with van der Waals surface area (Å²) in [6, 6.07) is 6.98. The molecule has 5 heteroatoms. The standard InChI is InChI=1S/C12H12N4O/c1-8-3-2-4-11(15-8)16-12(17)9-5-6-14-7-10(9)13/h2-7H,13H2,1H3,(H,15,16,17). The lowest BCUT2D eigenvalue weighted by Gasteiger charge is -2.06. The predicted molar refractivity (Wildman–Crippen MR) is 65.6 cm³/mol. The maximum atomic E-state index is 11.9. The molecule has 2 aromatic heterocycles. The minimum atomic E-state index is -0.289. The molecule has 2 rings (SSSR count). The number of rotatable bonds is 2. The number of nitrogens with zero attached hydrogens (tertiary/aromatic N) is 2. The van der Waals surface area contributed by atoms with E-state index in [2.05, 4.69) is 15.3 Å². The number of carbonyl (C=O) groups is 1. The number of anilines is 2. The average molecular weight is 228 g/mol. The van der Waals surface area contributed by atoms with Gasteiger partial charge in [-0.3, -0.25) is 9.78 Å². The third-order valence-electron chi connectivity index (χ3n) is 2.23. The van der Waals surface area contributed by atoms with Gasteiger partial charge in [0.25, 0.3) is 5.91 Å². The van der Waals surface area contributed by atoms with E-state index in [1.807, 2.05) is 19.1 Å². The highest BCUT2D eigenvalue weighted by Gasteiger charge is 2.09. The van der Waals surface area contributed by atoms with Crippen molar-refractivity contribution in [3.05, 3.63) is 47.9 Å². The highest BCUT2D eigenvalue weighted by Crippen LogP contribution is 2.11. The molecule has 0 saturated heterocycles. The molecule has 0 bridgehead atoms. The van der Waals surface area contributed by atoms with Crippen molar-refractivity contribution in [1.82, 2.24) is 9.97 Å². The summed E-state index contributed by atoms with van der Waals surface area (Å²) in [6.45, 7) is 1.86. The first-order valence-corrected chi connectivity index (χ1v) is 5.11. The molecule has 17 heavy (non-hydrogen) atoms. The summed E-state index contributed by atoms with van der Waals surface area (Å²) in [7, 11) is 0. The normalized spacial score (nSPS) is 9.94. The van der Waals surface area contributed by atoms with Gasteiger partial charge in [0.15, 0.2) is 0 Å². The van der Waals surface area contributed by atoms with Crippen LogP contribution < -0.4 is 11.1 Å². The van der Waals surface area contributed by atoms with Gasteiger partial charge in [-0.15, -0.1) is 0 Å². The summed E-state index contributed by atoms with van der Waals surface area (Å²) in [5, 5.41) is 2.68. The minimum Gasteiger partial charge on any atom is -0.397 e. The van der Waals surface area contributed by atoms with Crippen molar-refractivity contribution < 1.29 is 4.79 Å². The number of nitrogens with one attached hydrogen (secondary N) is 1. The molecule has 0 unspecified atom stereocenters. The monoisotopic (exact) mass is 228 g/mol. The first-order chi connectivity index (χ1) is 8.16. The van der Waals surface area contributed by atoms with Gasteiger partial charge in [-0.2, -0.15) is 0 Å². The van der Waals surface area contributed by atoms with Gasteiger partial charge in [-0.1, -0.05) is 6.07 Å². The second kappa shape index (κ2) is 4.61. The van der Waals surface area contributed by atoms with Crippen LogP contribution in [0.5, 0.6) is 0 Å². The van der Waals surface area contributed by atoms with Gasteiger partial charge in [0.2, 0.25) is 0 Å². The van der Waals surface area contributed by atoms with E-state index < -0.39 is 0 Å². The lowest BCUT2D eigenvalue weighted by molar-refractivity contribution is 0.102. The Hall–Kier alpha value is -2.43. The Morgan fingerprint density at radius 2 is 2.18 bits per heavy atom. The molecule has 0 aliphatic rings. The van der Waals surface area contributed by atoms with Crippen LogP contribution in [0, 0.1) is 6.92 Å². The highest BCUT2D eigenvalue weighted by molar-refractivity contribution is 6.07. The Balaban J connectivity index is 2.20. The molecule has 5 nitrogen and oxygen atoms in total. The molecule has 0 aliphatic heterocycles. The fourth-order valence-electron chi connectivity index (χ4n) is 1.41. The first kappa shape index (κ1) is 11.1. The molecule has 0 atom stereocenters. The molecule has 0 aliphatic carbocycles. The Kier molecular flexibility index (Phi) is 3.00. The minimum absolute atomic E-state index is 0.289. The SMILES string of the molecule is Cc1cccc(NC(=O)c2ccncc2N)n1. The van der Waals surface area contributed by atoms with Gasteiger partial charge >= 0.3 is 0 Å². The first-order valence-electron chi connectivity index (χ1n) is 5.11. The van der Waals surface area contributed by atoms with Crippen LogP contribution >= 0.6 is 0 Å². The van der Waals surface area contributed by atoms with Gasteiger partial charge < -0.3 is 11.1 Å². The smallest absolute Gasteiger partial charge is 0.259 e. The van der Waals surface area contributed by atoms with E-state index in [-0.39, 0.29) is 5.91 Å². The summed E-state index contributed by atoms with van der Waals surface area (Å²) in [4.78, 5) is 19.9. The van der Waals surface area contributed by atoms with Crippen molar-refractivity contribution in [3.8, 4) is 0 Å². The largest absolute Gasteiger partial charge is 0.397 e. The fraction of sp³-hybridized carbons (Fsp3) is 0.0833. The number of nitrogen functional groups attached to an aromatic ring is 1. The Labute approximate surface area is 98.7 Å². The van der Waals surface area contributed by atoms with Crippen LogP contribution in [-0.4, -0.2) is 15.9 Å². The number of nitrogens with two attached hydrogens (primary N) is 1. The van der Waals surface area contributed by atoms with E-state index in [0.29, 0.717) is 17.1 Å². The lowest BCUT2D eigenvalue weighted by atomic mass is 10.2. The van der Waals surface area contributed by atoms with Crippen molar-refractivity contribution in [1.29, 1.82) is 0 Å². The van der Waals surface area contributed by atoms with E-state index >= 15 is 0 Å². The molecule has 86 valence electrons. The zero-order chi connectivity index (χ0) is 12.3. The summed E-state index contributed by atoms with van der Waals surface area (Å²) in [6.07, 6.45) is 2.97. The molecule has 0 saturated carbocycles. The van der Waals surface area contributed by atoms with Crippen LogP contribution in [0.1, 0.15) is 16.1 Å². The van der Waals surface area contributed by atoms with Gasteiger partial charge in [-0.05, 0) is 25.1 Å². The number of carbonyl (C=O) groups excluding carboxylic acids is 1. The molecular formula is C12H12N4O. The molecule has 0 radical (unpaired) electrons. The molecular weight excluding hydrogens is 216 g/mol. The summed E-state index contributed by atoms with van der Waals surface area (Å²) >= 11 is 0. The molecule has 0 fully saturated rings. The van der Waals surface area contributed by atoms with Crippen molar-refractivity contribution >= 4 is 17.4 Å². The van der Waals surface area contributed by atoms with E-state index in [4.69, 9.17) is 5.73 Å². The molecule has 0 spiro atoms. The van der Waals surface area contributed by atoms with Crippen LogP contribution in [0.2, 0.25) is 0 Å². The number of aryl methyl sites for hydroxylation is 1. The lowest BCUT2D eigenvalue weighted by Crippen LogP contribution is -2.15.